The molecule has 0 unspecified atom stereocenters. The summed E-state index contributed by atoms with van der Waals surface area (Å²) < 4.78 is 0. The first-order valence-corrected chi connectivity index (χ1v) is 8.22. The number of hydrazine groups is 1. The summed E-state index contributed by atoms with van der Waals surface area (Å²) >= 11 is 1.45. The van der Waals surface area contributed by atoms with Crippen LogP contribution < -0.4 is 10.9 Å². The van der Waals surface area contributed by atoms with Crippen molar-refractivity contribution in [3.8, 4) is 0 Å². The third-order valence-electron chi connectivity index (χ3n) is 3.39. The number of likely N-dealkylation sites (tertiary alicyclic amines) is 1. The number of nitrogens with one attached hydrogen (secondary N) is 2. The Labute approximate surface area is 128 Å². The van der Waals surface area contributed by atoms with Crippen molar-refractivity contribution < 1.29 is 9.59 Å². The zero-order valence-corrected chi connectivity index (χ0v) is 13.2. The Bertz CT molecular complexity index is 481. The molecule has 116 valence electrons. The lowest BCUT2D eigenvalue weighted by atomic mass is 10.2. The molecule has 1 saturated heterocycles. The Morgan fingerprint density at radius 2 is 1.86 bits per heavy atom. The highest BCUT2D eigenvalue weighted by Crippen LogP contribution is 2.09. The van der Waals surface area contributed by atoms with E-state index in [0.29, 0.717) is 6.54 Å². The molecule has 1 aliphatic heterocycles. The van der Waals surface area contributed by atoms with E-state index in [1.54, 1.807) is 0 Å². The van der Waals surface area contributed by atoms with E-state index in [2.05, 4.69) is 20.7 Å². The summed E-state index contributed by atoms with van der Waals surface area (Å²) in [6, 6.07) is 0. The monoisotopic (exact) mass is 310 g/mol. The maximum Gasteiger partial charge on any atom is 0.252 e. The highest BCUT2D eigenvalue weighted by molar-refractivity contribution is 7.09. The van der Waals surface area contributed by atoms with Crippen LogP contribution in [-0.4, -0.2) is 41.3 Å². The SMILES string of the molecule is Cc1csc(CC(=O)NNC(=O)CN2CCCCCC2)n1. The van der Waals surface area contributed by atoms with Gasteiger partial charge in [-0.1, -0.05) is 12.8 Å². The van der Waals surface area contributed by atoms with Crippen LogP contribution in [0.15, 0.2) is 5.38 Å². The van der Waals surface area contributed by atoms with Gasteiger partial charge in [0.15, 0.2) is 0 Å². The molecule has 2 amide bonds. The number of amides is 2. The highest BCUT2D eigenvalue weighted by atomic mass is 32.1. The zero-order valence-electron chi connectivity index (χ0n) is 12.4. The molecule has 1 aromatic heterocycles. The van der Waals surface area contributed by atoms with Gasteiger partial charge in [0.05, 0.1) is 13.0 Å². The Morgan fingerprint density at radius 1 is 1.19 bits per heavy atom. The quantitative estimate of drug-likeness (QED) is 0.814. The van der Waals surface area contributed by atoms with Gasteiger partial charge in [-0.3, -0.25) is 25.3 Å². The van der Waals surface area contributed by atoms with Crippen LogP contribution in [0.5, 0.6) is 0 Å². The summed E-state index contributed by atoms with van der Waals surface area (Å²) in [5, 5.41) is 2.66. The van der Waals surface area contributed by atoms with E-state index in [4.69, 9.17) is 0 Å². The van der Waals surface area contributed by atoms with Gasteiger partial charge in [0, 0.05) is 11.1 Å². The van der Waals surface area contributed by atoms with Gasteiger partial charge < -0.3 is 0 Å². The van der Waals surface area contributed by atoms with Crippen molar-refractivity contribution in [2.24, 2.45) is 0 Å². The largest absolute Gasteiger partial charge is 0.294 e. The molecule has 0 bridgehead atoms. The molecule has 1 aromatic rings. The fraction of sp³-hybridized carbons (Fsp3) is 0.643. The first-order chi connectivity index (χ1) is 10.1. The normalized spacial score (nSPS) is 16.2. The number of aromatic nitrogens is 1. The van der Waals surface area contributed by atoms with Crippen LogP contribution >= 0.6 is 11.3 Å². The molecule has 0 aliphatic carbocycles. The van der Waals surface area contributed by atoms with Crippen LogP contribution in [0.3, 0.4) is 0 Å². The standard InChI is InChI=1S/C14H22N4O2S/c1-11-10-21-14(15-11)8-12(19)16-17-13(20)9-18-6-4-2-3-5-7-18/h10H,2-9H2,1H3,(H,16,19)(H,17,20). The number of carbonyl (C=O) groups is 2. The maximum absolute atomic E-state index is 11.8. The van der Waals surface area contributed by atoms with Crippen LogP contribution in [0, 0.1) is 6.92 Å². The van der Waals surface area contributed by atoms with Gasteiger partial charge in [-0.25, -0.2) is 4.98 Å². The number of carbonyl (C=O) groups excluding carboxylic acids is 2. The van der Waals surface area contributed by atoms with Gasteiger partial charge in [0.25, 0.3) is 5.91 Å². The van der Waals surface area contributed by atoms with E-state index >= 15 is 0 Å². The van der Waals surface area contributed by atoms with Crippen LogP contribution in [0.2, 0.25) is 0 Å². The minimum atomic E-state index is -0.242. The van der Waals surface area contributed by atoms with Gasteiger partial charge in [-0.2, -0.15) is 0 Å². The molecule has 7 heteroatoms. The van der Waals surface area contributed by atoms with Crippen LogP contribution in [0.25, 0.3) is 0 Å². The Kier molecular flexibility index (Phi) is 6.13. The first kappa shape index (κ1) is 15.9. The molecule has 2 N–H and O–H groups in total. The van der Waals surface area contributed by atoms with Gasteiger partial charge in [-0.05, 0) is 32.9 Å². The molecule has 0 spiro atoms. The highest BCUT2D eigenvalue weighted by Gasteiger charge is 2.13. The molecule has 0 saturated carbocycles. The summed E-state index contributed by atoms with van der Waals surface area (Å²) in [4.78, 5) is 29.9. The molecule has 0 aromatic carbocycles. The number of rotatable bonds is 4. The molecule has 1 fully saturated rings. The molecule has 2 rings (SSSR count). The third kappa shape index (κ3) is 5.81. The van der Waals surface area contributed by atoms with E-state index in [0.717, 1.165) is 36.6 Å². The molecule has 2 heterocycles. The number of nitrogens with zero attached hydrogens (tertiary/aromatic N) is 2. The third-order valence-corrected chi connectivity index (χ3v) is 4.35. The van der Waals surface area contributed by atoms with Crippen LogP contribution in [0.1, 0.15) is 36.4 Å². The lowest BCUT2D eigenvalue weighted by Gasteiger charge is -2.18. The Morgan fingerprint density at radius 3 is 2.48 bits per heavy atom. The topological polar surface area (TPSA) is 74.3 Å². The first-order valence-electron chi connectivity index (χ1n) is 7.34. The molecule has 0 atom stereocenters. The summed E-state index contributed by atoms with van der Waals surface area (Å²) in [5.41, 5.74) is 5.83. The van der Waals surface area contributed by atoms with Crippen molar-refractivity contribution in [2.75, 3.05) is 19.6 Å². The van der Waals surface area contributed by atoms with Gasteiger partial charge in [0.2, 0.25) is 5.91 Å². The summed E-state index contributed by atoms with van der Waals surface area (Å²) in [5.74, 6) is -0.408. The van der Waals surface area contributed by atoms with E-state index < -0.39 is 0 Å². The molecular weight excluding hydrogens is 288 g/mol. The van der Waals surface area contributed by atoms with Crippen molar-refractivity contribution in [3.05, 3.63) is 16.1 Å². The lowest BCUT2D eigenvalue weighted by Crippen LogP contribution is -2.47. The summed E-state index contributed by atoms with van der Waals surface area (Å²) in [7, 11) is 0. The van der Waals surface area contributed by atoms with Crippen molar-refractivity contribution in [3.63, 3.8) is 0 Å². The van der Waals surface area contributed by atoms with Crippen molar-refractivity contribution >= 4 is 23.2 Å². The molecular formula is C14H22N4O2S. The summed E-state index contributed by atoms with van der Waals surface area (Å²) in [6.07, 6.45) is 4.96. The minimum absolute atomic E-state index is 0.166. The van der Waals surface area contributed by atoms with E-state index in [9.17, 15) is 9.59 Å². The van der Waals surface area contributed by atoms with Crippen molar-refractivity contribution in [2.45, 2.75) is 39.0 Å². The van der Waals surface area contributed by atoms with Crippen molar-refractivity contribution in [1.82, 2.24) is 20.7 Å². The molecule has 21 heavy (non-hydrogen) atoms. The Balaban J connectivity index is 1.66. The fourth-order valence-corrected chi connectivity index (χ4v) is 3.11. The number of thiazole rings is 1. The summed E-state index contributed by atoms with van der Waals surface area (Å²) in [6.45, 7) is 4.15. The van der Waals surface area contributed by atoms with E-state index in [1.165, 1.54) is 24.2 Å². The van der Waals surface area contributed by atoms with E-state index in [-0.39, 0.29) is 18.2 Å². The van der Waals surface area contributed by atoms with Crippen LogP contribution in [0.4, 0.5) is 0 Å². The van der Waals surface area contributed by atoms with Crippen molar-refractivity contribution in [1.29, 1.82) is 0 Å². The van der Waals surface area contributed by atoms with Crippen LogP contribution in [-0.2, 0) is 16.0 Å². The Hall–Kier alpha value is -1.47. The van der Waals surface area contributed by atoms with Gasteiger partial charge in [-0.15, -0.1) is 11.3 Å². The maximum atomic E-state index is 11.8. The smallest absolute Gasteiger partial charge is 0.252 e. The van der Waals surface area contributed by atoms with Gasteiger partial charge >= 0.3 is 0 Å². The molecule has 6 nitrogen and oxygen atoms in total. The predicted molar refractivity (Wildman–Crippen MR) is 81.7 cm³/mol. The average Bonchev–Trinajstić information content (AvgIpc) is 2.70. The van der Waals surface area contributed by atoms with E-state index in [1.807, 2.05) is 12.3 Å². The average molecular weight is 310 g/mol. The molecule has 1 aliphatic rings. The lowest BCUT2D eigenvalue weighted by molar-refractivity contribution is -0.129. The minimum Gasteiger partial charge on any atom is -0.294 e. The second kappa shape index (κ2) is 8.09. The second-order valence-electron chi connectivity index (χ2n) is 5.35. The molecule has 0 radical (unpaired) electrons. The number of aryl methyl sites for hydroxylation is 1. The number of hydrogen-bond acceptors (Lipinski definition) is 5. The predicted octanol–water partition coefficient (Wildman–Crippen LogP) is 1.02. The fourth-order valence-electron chi connectivity index (χ4n) is 2.34. The second-order valence-corrected chi connectivity index (χ2v) is 6.29. The number of hydrogen-bond donors (Lipinski definition) is 2. The van der Waals surface area contributed by atoms with Gasteiger partial charge in [0.1, 0.15) is 5.01 Å². The zero-order chi connectivity index (χ0) is 15.1.